The molecule has 172 valence electrons. The Labute approximate surface area is 197 Å². The molecule has 0 spiro atoms. The van der Waals surface area contributed by atoms with Crippen LogP contribution in [0.15, 0.2) is 23.8 Å². The van der Waals surface area contributed by atoms with Crippen molar-refractivity contribution in [3.63, 3.8) is 0 Å². The molecule has 5 atom stereocenters. The van der Waals surface area contributed by atoms with Crippen molar-refractivity contribution in [1.82, 2.24) is 0 Å². The fourth-order valence-electron chi connectivity index (χ4n) is 7.03. The third-order valence-electron chi connectivity index (χ3n) is 8.47. The number of fused-ring (bicyclic) bond motifs is 5. The van der Waals surface area contributed by atoms with Gasteiger partial charge in [0.1, 0.15) is 5.78 Å². The number of carbonyl (C=O) groups is 2. The van der Waals surface area contributed by atoms with Gasteiger partial charge in [-0.15, -0.1) is 23.5 Å². The van der Waals surface area contributed by atoms with E-state index in [1.807, 2.05) is 6.08 Å². The molecule has 3 saturated carbocycles. The summed E-state index contributed by atoms with van der Waals surface area (Å²) in [6.07, 6.45) is 12.1. The summed E-state index contributed by atoms with van der Waals surface area (Å²) in [5.41, 5.74) is 1.23. The third kappa shape index (κ3) is 4.14. The highest BCUT2D eigenvalue weighted by Gasteiger charge is 2.63. The van der Waals surface area contributed by atoms with Crippen molar-refractivity contribution in [3.05, 3.63) is 23.8 Å². The summed E-state index contributed by atoms with van der Waals surface area (Å²) in [6.45, 7) is 11.6. The Kier molecular flexibility index (Phi) is 6.91. The summed E-state index contributed by atoms with van der Waals surface area (Å²) in [4.78, 5) is 25.7. The van der Waals surface area contributed by atoms with Gasteiger partial charge in [-0.05, 0) is 85.4 Å². The van der Waals surface area contributed by atoms with Crippen LogP contribution in [-0.4, -0.2) is 27.7 Å². The van der Waals surface area contributed by atoms with Crippen LogP contribution in [0.3, 0.4) is 0 Å². The Bertz CT molecular complexity index is 770. The zero-order valence-corrected chi connectivity index (χ0v) is 21.6. The van der Waals surface area contributed by atoms with E-state index in [2.05, 4.69) is 64.2 Å². The lowest BCUT2D eigenvalue weighted by molar-refractivity contribution is -0.131. The van der Waals surface area contributed by atoms with Gasteiger partial charge in [0.25, 0.3) is 0 Å². The van der Waals surface area contributed by atoms with E-state index in [1.165, 1.54) is 5.57 Å². The van der Waals surface area contributed by atoms with Gasteiger partial charge in [0.2, 0.25) is 0 Å². The molecule has 3 fully saturated rings. The number of allylic oxidation sites excluding steroid dienone is 4. The van der Waals surface area contributed by atoms with Gasteiger partial charge in [0.05, 0.1) is 10.00 Å². The fraction of sp³-hybridized carbons (Fsp3) is 0.778. The van der Waals surface area contributed by atoms with Gasteiger partial charge in [0, 0.05) is 11.8 Å². The summed E-state index contributed by atoms with van der Waals surface area (Å²) >= 11 is 4.17. The largest absolute Gasteiger partial charge is 0.299 e. The van der Waals surface area contributed by atoms with Crippen LogP contribution in [0.4, 0.5) is 0 Å². The van der Waals surface area contributed by atoms with Gasteiger partial charge in [-0.2, -0.15) is 0 Å². The van der Waals surface area contributed by atoms with E-state index < -0.39 is 0 Å². The van der Waals surface area contributed by atoms with Gasteiger partial charge in [-0.1, -0.05) is 46.3 Å². The predicted molar refractivity (Wildman–Crippen MR) is 134 cm³/mol. The first-order chi connectivity index (χ1) is 14.7. The normalized spacial score (nSPS) is 37.3. The Balaban J connectivity index is 1.65. The number of hydrogen-bond acceptors (Lipinski definition) is 4. The summed E-state index contributed by atoms with van der Waals surface area (Å²) in [5.74, 6) is 6.02. The van der Waals surface area contributed by atoms with Crippen LogP contribution >= 0.6 is 23.5 Å². The summed E-state index contributed by atoms with van der Waals surface area (Å²) in [7, 11) is 0. The second-order valence-electron chi connectivity index (χ2n) is 11.4. The highest BCUT2D eigenvalue weighted by atomic mass is 32.2. The first-order valence-electron chi connectivity index (χ1n) is 12.4. The van der Waals surface area contributed by atoms with Crippen molar-refractivity contribution in [2.24, 2.45) is 40.4 Å². The molecule has 0 saturated heterocycles. The van der Waals surface area contributed by atoms with Crippen LogP contribution in [-0.2, 0) is 9.59 Å². The SMILES string of the molecule is CC(C)CSC(SCC(C)C)[C@]12CC[C@H]3[C@@H](CCC4=CC(=O)C=C[C@@]43C)[C@@H]1CCC2=O. The van der Waals surface area contributed by atoms with Crippen molar-refractivity contribution in [2.45, 2.75) is 77.7 Å². The molecule has 4 heteroatoms. The molecule has 0 amide bonds. The standard InChI is InChI=1S/C27H40O2S2/c1-17(2)15-30-25(31-16-18(3)4)27-13-11-22-21(23(27)8-9-24(27)29)7-6-19-14-20(28)10-12-26(19,22)5/h10,12,14,17-18,21-23,25H,6-9,11,13,15-16H2,1-5H3/t21-,22+,23+,26+,27-/m1/s1. The van der Waals surface area contributed by atoms with Crippen molar-refractivity contribution < 1.29 is 9.59 Å². The predicted octanol–water partition coefficient (Wildman–Crippen LogP) is 6.95. The Morgan fingerprint density at radius 3 is 2.29 bits per heavy atom. The maximum absolute atomic E-state index is 13.6. The number of ketones is 2. The molecule has 0 N–H and O–H groups in total. The van der Waals surface area contributed by atoms with Gasteiger partial charge >= 0.3 is 0 Å². The van der Waals surface area contributed by atoms with Gasteiger partial charge in [-0.25, -0.2) is 0 Å². The van der Waals surface area contributed by atoms with E-state index in [-0.39, 0.29) is 16.6 Å². The molecule has 0 aliphatic heterocycles. The summed E-state index contributed by atoms with van der Waals surface area (Å²) < 4.78 is 0.395. The molecule has 4 aliphatic rings. The highest BCUT2D eigenvalue weighted by molar-refractivity contribution is 8.17. The zero-order valence-electron chi connectivity index (χ0n) is 20.0. The van der Waals surface area contributed by atoms with Crippen LogP contribution in [0.1, 0.15) is 73.1 Å². The van der Waals surface area contributed by atoms with Gasteiger partial charge < -0.3 is 0 Å². The van der Waals surface area contributed by atoms with Crippen LogP contribution in [0.2, 0.25) is 0 Å². The van der Waals surface area contributed by atoms with E-state index in [0.29, 0.717) is 40.0 Å². The average molecular weight is 461 g/mol. The van der Waals surface area contributed by atoms with Crippen molar-refractivity contribution in [2.75, 3.05) is 11.5 Å². The fourth-order valence-corrected chi connectivity index (χ4v) is 10.5. The van der Waals surface area contributed by atoms with Gasteiger partial charge in [-0.3, -0.25) is 9.59 Å². The number of rotatable bonds is 7. The minimum atomic E-state index is -0.133. The lowest BCUT2D eigenvalue weighted by Crippen LogP contribution is -2.53. The van der Waals surface area contributed by atoms with Crippen LogP contribution < -0.4 is 0 Å². The number of Topliss-reactive ketones (excluding diaryl/α,β-unsaturated/α-hetero) is 1. The molecule has 0 aromatic carbocycles. The highest BCUT2D eigenvalue weighted by Crippen LogP contribution is 2.67. The molecule has 31 heavy (non-hydrogen) atoms. The molecule has 0 aromatic heterocycles. The molecule has 0 bridgehead atoms. The average Bonchev–Trinajstić information content (AvgIpc) is 3.05. The van der Waals surface area contributed by atoms with Crippen LogP contribution in [0, 0.1) is 40.4 Å². The molecule has 0 heterocycles. The molecule has 0 radical (unpaired) electrons. The molecular weight excluding hydrogens is 420 g/mol. The number of carbonyl (C=O) groups excluding carboxylic acids is 2. The first kappa shape index (κ1) is 23.7. The molecule has 2 nitrogen and oxygen atoms in total. The maximum atomic E-state index is 13.6. The van der Waals surface area contributed by atoms with Crippen LogP contribution in [0.5, 0.6) is 0 Å². The second-order valence-corrected chi connectivity index (χ2v) is 14.0. The van der Waals surface area contributed by atoms with Crippen LogP contribution in [0.25, 0.3) is 0 Å². The van der Waals surface area contributed by atoms with Gasteiger partial charge in [0.15, 0.2) is 5.78 Å². The molecule has 4 aliphatic carbocycles. The summed E-state index contributed by atoms with van der Waals surface area (Å²) in [5, 5.41) is 0. The molecule has 0 aromatic rings. The lowest BCUT2D eigenvalue weighted by atomic mass is 9.48. The summed E-state index contributed by atoms with van der Waals surface area (Å²) in [6, 6.07) is 0. The number of thioether (sulfide) groups is 2. The Morgan fingerprint density at radius 1 is 0.968 bits per heavy atom. The van der Waals surface area contributed by atoms with E-state index in [0.717, 1.165) is 50.0 Å². The topological polar surface area (TPSA) is 34.1 Å². The minimum Gasteiger partial charge on any atom is -0.299 e. The van der Waals surface area contributed by atoms with E-state index >= 15 is 0 Å². The third-order valence-corrected chi connectivity index (χ3v) is 12.4. The quantitative estimate of drug-likeness (QED) is 0.385. The number of hydrogen-bond donors (Lipinski definition) is 0. The second kappa shape index (κ2) is 9.05. The van der Waals surface area contributed by atoms with E-state index in [1.54, 1.807) is 6.08 Å². The van der Waals surface area contributed by atoms with Crippen molar-refractivity contribution >= 4 is 35.1 Å². The lowest BCUT2D eigenvalue weighted by Gasteiger charge is -2.57. The zero-order chi connectivity index (χ0) is 22.4. The Morgan fingerprint density at radius 2 is 1.65 bits per heavy atom. The maximum Gasteiger partial charge on any atom is 0.178 e. The smallest absolute Gasteiger partial charge is 0.178 e. The molecule has 0 unspecified atom stereocenters. The first-order valence-corrected chi connectivity index (χ1v) is 14.5. The minimum absolute atomic E-state index is 0.0142. The molecule has 4 rings (SSSR count). The van der Waals surface area contributed by atoms with E-state index in [9.17, 15) is 9.59 Å². The monoisotopic (exact) mass is 460 g/mol. The van der Waals surface area contributed by atoms with Crippen molar-refractivity contribution in [3.8, 4) is 0 Å². The Hall–Kier alpha value is -0.480. The van der Waals surface area contributed by atoms with E-state index in [4.69, 9.17) is 0 Å². The van der Waals surface area contributed by atoms with Crippen molar-refractivity contribution in [1.29, 1.82) is 0 Å². The molecular formula is C27H40O2S2.